The molecule has 1 amide bonds. The van der Waals surface area contributed by atoms with Crippen LogP contribution in [0.2, 0.25) is 0 Å². The Balaban J connectivity index is 1.43. The Morgan fingerprint density at radius 2 is 2.06 bits per heavy atom. The number of carbonyl (C=O) groups is 1. The second-order valence-corrected chi connectivity index (χ2v) is 9.51. The molecule has 4 aromatic rings. The smallest absolute Gasteiger partial charge is 0.286 e. The van der Waals surface area contributed by atoms with Crippen molar-refractivity contribution in [3.05, 3.63) is 77.1 Å². The summed E-state index contributed by atoms with van der Waals surface area (Å²) in [5.74, 6) is 0.529. The Bertz CT molecular complexity index is 1310. The van der Waals surface area contributed by atoms with Gasteiger partial charge in [-0.25, -0.2) is 4.98 Å². The number of aliphatic hydroxyl groups excluding tert-OH is 1. The maximum atomic E-state index is 13.2. The van der Waals surface area contributed by atoms with E-state index in [4.69, 9.17) is 9.47 Å². The third-order valence-electron chi connectivity index (χ3n) is 6.36. The van der Waals surface area contributed by atoms with Gasteiger partial charge in [0.1, 0.15) is 5.82 Å². The van der Waals surface area contributed by atoms with Crippen LogP contribution in [-0.2, 0) is 20.8 Å². The number of allylic oxidation sites excluding steroid dienone is 1. The molecule has 35 heavy (non-hydrogen) atoms. The molecule has 2 aromatic carbocycles. The van der Waals surface area contributed by atoms with Crippen LogP contribution in [0.5, 0.6) is 0 Å². The summed E-state index contributed by atoms with van der Waals surface area (Å²) in [5.41, 5.74) is 2.94. The van der Waals surface area contributed by atoms with E-state index in [0.29, 0.717) is 18.9 Å². The van der Waals surface area contributed by atoms with E-state index in [1.54, 1.807) is 11.3 Å². The predicted octanol–water partition coefficient (Wildman–Crippen LogP) is 4.84. The Hall–Kier alpha value is -3.20. The van der Waals surface area contributed by atoms with Crippen molar-refractivity contribution in [2.75, 3.05) is 13.2 Å². The highest BCUT2D eigenvalue weighted by atomic mass is 32.1. The first-order chi connectivity index (χ1) is 17.2. The standard InChI is InChI=1S/C27H29N3O4S/c1-2-33-27-18(9-7-13-31)19(20-16-35-24-12-6-3-8-17(20)24)14-23(34-27)26(32)28-15-25-29-21-10-4-5-11-22(21)30-25/h3-6,8,10-12,14,16,18-19,27,31H,2,7,9,13,15H2,1H3,(H,28,32)(H,29,30)/t18-,19+,27-/m0/s1. The summed E-state index contributed by atoms with van der Waals surface area (Å²) in [6.45, 7) is 2.74. The zero-order chi connectivity index (χ0) is 24.2. The van der Waals surface area contributed by atoms with E-state index in [1.165, 1.54) is 10.1 Å². The summed E-state index contributed by atoms with van der Waals surface area (Å²) >= 11 is 1.69. The second-order valence-electron chi connectivity index (χ2n) is 8.60. The topological polar surface area (TPSA) is 96.5 Å². The number of amides is 1. The number of thiophene rings is 1. The molecular formula is C27H29N3O4S. The van der Waals surface area contributed by atoms with Crippen LogP contribution in [0.1, 0.15) is 37.1 Å². The van der Waals surface area contributed by atoms with Crippen molar-refractivity contribution in [2.45, 2.75) is 38.5 Å². The van der Waals surface area contributed by atoms with E-state index in [-0.39, 0.29) is 36.7 Å². The van der Waals surface area contributed by atoms with Crippen molar-refractivity contribution in [1.29, 1.82) is 0 Å². The number of nitrogens with one attached hydrogen (secondary N) is 2. The van der Waals surface area contributed by atoms with E-state index in [0.717, 1.165) is 23.0 Å². The minimum atomic E-state index is -0.577. The predicted molar refractivity (Wildman–Crippen MR) is 137 cm³/mol. The molecule has 3 heterocycles. The largest absolute Gasteiger partial charge is 0.459 e. The average Bonchev–Trinajstić information content (AvgIpc) is 3.50. The number of aliphatic hydroxyl groups is 1. The zero-order valence-electron chi connectivity index (χ0n) is 19.6. The third-order valence-corrected chi connectivity index (χ3v) is 7.34. The fraction of sp³-hybridized carbons (Fsp3) is 0.333. The first-order valence-electron chi connectivity index (χ1n) is 12.0. The van der Waals surface area contributed by atoms with Gasteiger partial charge < -0.3 is 24.9 Å². The van der Waals surface area contributed by atoms with Crippen molar-refractivity contribution in [3.8, 4) is 0 Å². The number of hydrogen-bond acceptors (Lipinski definition) is 6. The van der Waals surface area contributed by atoms with Gasteiger partial charge >= 0.3 is 0 Å². The number of aromatic amines is 1. The van der Waals surface area contributed by atoms with Gasteiger partial charge in [-0.3, -0.25) is 4.79 Å². The van der Waals surface area contributed by atoms with Crippen LogP contribution in [0.3, 0.4) is 0 Å². The first-order valence-corrected chi connectivity index (χ1v) is 12.8. The molecule has 0 spiro atoms. The fourth-order valence-corrected chi connectivity index (χ4v) is 5.73. The Morgan fingerprint density at radius 1 is 1.23 bits per heavy atom. The normalized spacial score (nSPS) is 20.1. The second kappa shape index (κ2) is 10.6. The summed E-state index contributed by atoms with van der Waals surface area (Å²) in [7, 11) is 0. The minimum absolute atomic E-state index is 0.0213. The van der Waals surface area contributed by atoms with Gasteiger partial charge in [-0.1, -0.05) is 30.3 Å². The monoisotopic (exact) mass is 491 g/mol. The molecule has 7 nitrogen and oxygen atoms in total. The molecule has 5 rings (SSSR count). The Kier molecular flexibility index (Phi) is 7.13. The highest BCUT2D eigenvalue weighted by molar-refractivity contribution is 7.17. The number of rotatable bonds is 9. The first kappa shape index (κ1) is 23.5. The lowest BCUT2D eigenvalue weighted by atomic mass is 9.80. The SMILES string of the molecule is CCO[C@H]1OC(C(=O)NCc2nc3ccccc3[nH]2)=C[C@@H](c2csc3ccccc23)[C@@H]1CCCO. The lowest BCUT2D eigenvalue weighted by Crippen LogP contribution is -2.39. The average molecular weight is 492 g/mol. The van der Waals surface area contributed by atoms with E-state index >= 15 is 0 Å². The highest BCUT2D eigenvalue weighted by Crippen LogP contribution is 2.43. The number of benzene rings is 2. The van der Waals surface area contributed by atoms with Crippen molar-refractivity contribution < 1.29 is 19.4 Å². The van der Waals surface area contributed by atoms with Crippen molar-refractivity contribution >= 4 is 38.4 Å². The quantitative estimate of drug-likeness (QED) is 0.311. The zero-order valence-corrected chi connectivity index (χ0v) is 20.4. The summed E-state index contributed by atoms with van der Waals surface area (Å²) in [4.78, 5) is 21.0. The van der Waals surface area contributed by atoms with E-state index in [2.05, 4.69) is 32.8 Å². The van der Waals surface area contributed by atoms with Gasteiger partial charge in [0.15, 0.2) is 5.76 Å². The van der Waals surface area contributed by atoms with Gasteiger partial charge in [0.2, 0.25) is 6.29 Å². The van der Waals surface area contributed by atoms with Crippen LogP contribution in [-0.4, -0.2) is 40.5 Å². The van der Waals surface area contributed by atoms with E-state index in [9.17, 15) is 9.90 Å². The summed E-state index contributed by atoms with van der Waals surface area (Å²) < 4.78 is 13.3. The van der Waals surface area contributed by atoms with Crippen LogP contribution in [0, 0.1) is 5.92 Å². The molecule has 0 saturated carbocycles. The van der Waals surface area contributed by atoms with Crippen molar-refractivity contribution in [1.82, 2.24) is 15.3 Å². The maximum Gasteiger partial charge on any atom is 0.286 e. The van der Waals surface area contributed by atoms with Crippen molar-refractivity contribution in [2.24, 2.45) is 5.92 Å². The molecule has 2 aromatic heterocycles. The van der Waals surface area contributed by atoms with Gasteiger partial charge in [-0.15, -0.1) is 11.3 Å². The molecule has 182 valence electrons. The van der Waals surface area contributed by atoms with Gasteiger partial charge in [0.25, 0.3) is 5.91 Å². The number of para-hydroxylation sites is 2. The summed E-state index contributed by atoms with van der Waals surface area (Å²) in [6.07, 6.45) is 2.70. The number of imidazole rings is 1. The molecule has 0 fully saturated rings. The summed E-state index contributed by atoms with van der Waals surface area (Å²) in [6, 6.07) is 16.0. The number of hydrogen-bond donors (Lipinski definition) is 3. The van der Waals surface area contributed by atoms with Crippen LogP contribution >= 0.6 is 11.3 Å². The molecule has 8 heteroatoms. The molecule has 0 unspecified atom stereocenters. The molecule has 1 aliphatic rings. The Morgan fingerprint density at radius 3 is 2.89 bits per heavy atom. The van der Waals surface area contributed by atoms with Gasteiger partial charge in [-0.2, -0.15) is 0 Å². The minimum Gasteiger partial charge on any atom is -0.459 e. The highest BCUT2D eigenvalue weighted by Gasteiger charge is 2.38. The molecule has 3 N–H and O–H groups in total. The number of ether oxygens (including phenoxy) is 2. The van der Waals surface area contributed by atoms with E-state index in [1.807, 2.05) is 49.4 Å². The number of carbonyl (C=O) groups excluding carboxylic acids is 1. The molecule has 0 aliphatic carbocycles. The number of H-pyrrole nitrogens is 1. The van der Waals surface area contributed by atoms with Crippen LogP contribution in [0.15, 0.2) is 65.7 Å². The van der Waals surface area contributed by atoms with Gasteiger partial charge in [0, 0.05) is 29.7 Å². The molecule has 0 saturated heterocycles. The maximum absolute atomic E-state index is 13.2. The van der Waals surface area contributed by atoms with E-state index < -0.39 is 6.29 Å². The van der Waals surface area contributed by atoms with Gasteiger partial charge in [0.05, 0.1) is 17.6 Å². The number of fused-ring (bicyclic) bond motifs is 2. The molecule has 0 radical (unpaired) electrons. The third kappa shape index (κ3) is 4.96. The Labute approximate surface area is 207 Å². The lowest BCUT2D eigenvalue weighted by Gasteiger charge is -2.36. The molecule has 3 atom stereocenters. The van der Waals surface area contributed by atoms with Gasteiger partial charge in [-0.05, 0) is 60.4 Å². The molecule has 1 aliphatic heterocycles. The van der Waals surface area contributed by atoms with Crippen molar-refractivity contribution in [3.63, 3.8) is 0 Å². The molecular weight excluding hydrogens is 462 g/mol. The number of aromatic nitrogens is 2. The fourth-order valence-electron chi connectivity index (χ4n) is 4.72. The van der Waals surface area contributed by atoms with Crippen LogP contribution < -0.4 is 5.32 Å². The van der Waals surface area contributed by atoms with Crippen LogP contribution in [0.4, 0.5) is 0 Å². The van der Waals surface area contributed by atoms with Crippen LogP contribution in [0.25, 0.3) is 21.1 Å². The molecule has 0 bridgehead atoms. The number of nitrogens with zero attached hydrogens (tertiary/aromatic N) is 1. The lowest BCUT2D eigenvalue weighted by molar-refractivity contribution is -0.166. The summed E-state index contributed by atoms with van der Waals surface area (Å²) in [5, 5.41) is 15.8.